The van der Waals surface area contributed by atoms with Crippen molar-refractivity contribution in [2.75, 3.05) is 37.7 Å². The summed E-state index contributed by atoms with van der Waals surface area (Å²) >= 11 is 0. The number of aromatic nitrogens is 4. The molecule has 1 fully saturated rings. The van der Waals surface area contributed by atoms with Crippen LogP contribution in [0.15, 0.2) is 49.1 Å². The average Bonchev–Trinajstić information content (AvgIpc) is 3.16. The first-order valence-electron chi connectivity index (χ1n) is 9.39. The van der Waals surface area contributed by atoms with Gasteiger partial charge >= 0.3 is 0 Å². The summed E-state index contributed by atoms with van der Waals surface area (Å²) in [5, 5.41) is 13.3. The van der Waals surface area contributed by atoms with E-state index in [4.69, 9.17) is 5.11 Å². The Morgan fingerprint density at radius 3 is 2.50 bits per heavy atom. The molecule has 0 saturated carbocycles. The fraction of sp³-hybridized carbons (Fsp3) is 0.350. The van der Waals surface area contributed by atoms with Crippen molar-refractivity contribution in [2.24, 2.45) is 0 Å². The van der Waals surface area contributed by atoms with Crippen LogP contribution in [0.3, 0.4) is 0 Å². The number of aliphatic hydroxyl groups is 1. The summed E-state index contributed by atoms with van der Waals surface area (Å²) in [6.45, 7) is 4.95. The highest BCUT2D eigenvalue weighted by molar-refractivity contribution is 5.72. The molecule has 8 heteroatoms. The van der Waals surface area contributed by atoms with E-state index >= 15 is 0 Å². The highest BCUT2D eigenvalue weighted by atomic mass is 19.1. The molecule has 1 aromatic carbocycles. The number of hydrogen-bond donors (Lipinski definition) is 1. The number of piperazine rings is 1. The first kappa shape index (κ1) is 18.5. The number of anilines is 1. The van der Waals surface area contributed by atoms with Gasteiger partial charge in [0.1, 0.15) is 11.5 Å². The maximum absolute atomic E-state index is 13.3. The molecule has 1 saturated heterocycles. The number of rotatable bonds is 6. The standard InChI is InChI=1S/C20H23FN6O/c21-18-3-1-17(2-4-18)19-20(23-6-5-22-19)26-9-7-25(8-10-26)14-16-13-24-27(15-16)11-12-28/h1-6,13,15,28H,7-12,14H2. The second kappa shape index (κ2) is 8.45. The Balaban J connectivity index is 1.42. The zero-order valence-corrected chi connectivity index (χ0v) is 15.6. The first-order chi connectivity index (χ1) is 13.7. The van der Waals surface area contributed by atoms with Gasteiger partial charge in [-0.05, 0) is 24.3 Å². The van der Waals surface area contributed by atoms with Crippen molar-refractivity contribution in [2.45, 2.75) is 13.1 Å². The molecule has 28 heavy (non-hydrogen) atoms. The van der Waals surface area contributed by atoms with Crippen molar-refractivity contribution in [1.82, 2.24) is 24.6 Å². The highest BCUT2D eigenvalue weighted by Crippen LogP contribution is 2.27. The Hall–Kier alpha value is -2.84. The molecule has 2 aromatic heterocycles. The van der Waals surface area contributed by atoms with Crippen LogP contribution in [0.2, 0.25) is 0 Å². The maximum atomic E-state index is 13.3. The van der Waals surface area contributed by atoms with E-state index in [1.807, 2.05) is 12.4 Å². The van der Waals surface area contributed by atoms with Crippen molar-refractivity contribution >= 4 is 5.82 Å². The van der Waals surface area contributed by atoms with Crippen molar-refractivity contribution in [3.63, 3.8) is 0 Å². The lowest BCUT2D eigenvalue weighted by Gasteiger charge is -2.35. The minimum Gasteiger partial charge on any atom is -0.394 e. The summed E-state index contributed by atoms with van der Waals surface area (Å²) < 4.78 is 15.0. The number of aliphatic hydroxyl groups excluding tert-OH is 1. The van der Waals surface area contributed by atoms with Crippen LogP contribution in [0.4, 0.5) is 10.2 Å². The topological polar surface area (TPSA) is 70.3 Å². The third-order valence-corrected chi connectivity index (χ3v) is 4.89. The molecule has 0 bridgehead atoms. The van der Waals surface area contributed by atoms with Crippen LogP contribution >= 0.6 is 0 Å². The smallest absolute Gasteiger partial charge is 0.155 e. The first-order valence-corrected chi connectivity index (χ1v) is 9.39. The molecular formula is C20H23FN6O. The molecule has 0 radical (unpaired) electrons. The molecule has 0 spiro atoms. The van der Waals surface area contributed by atoms with Gasteiger partial charge in [-0.2, -0.15) is 5.10 Å². The SMILES string of the molecule is OCCn1cc(CN2CCN(c3nccnc3-c3ccc(F)cc3)CC2)cn1. The Bertz CT molecular complexity index is 905. The third kappa shape index (κ3) is 4.18. The third-order valence-electron chi connectivity index (χ3n) is 4.89. The van der Waals surface area contributed by atoms with Crippen LogP contribution in [0.1, 0.15) is 5.56 Å². The zero-order valence-electron chi connectivity index (χ0n) is 15.6. The van der Waals surface area contributed by atoms with E-state index in [2.05, 4.69) is 24.9 Å². The summed E-state index contributed by atoms with van der Waals surface area (Å²) in [7, 11) is 0. The van der Waals surface area contributed by atoms with Gasteiger partial charge in [-0.3, -0.25) is 14.6 Å². The Morgan fingerprint density at radius 1 is 1.00 bits per heavy atom. The molecular weight excluding hydrogens is 359 g/mol. The van der Waals surface area contributed by atoms with E-state index in [1.54, 1.807) is 29.2 Å². The Morgan fingerprint density at radius 2 is 1.75 bits per heavy atom. The van der Waals surface area contributed by atoms with Gasteiger partial charge in [-0.15, -0.1) is 0 Å². The summed E-state index contributed by atoms with van der Waals surface area (Å²) in [5.74, 6) is 0.578. The molecule has 0 unspecified atom stereocenters. The Labute approximate surface area is 163 Å². The number of halogens is 1. The monoisotopic (exact) mass is 382 g/mol. The van der Waals surface area contributed by atoms with Crippen molar-refractivity contribution < 1.29 is 9.50 Å². The number of hydrogen-bond acceptors (Lipinski definition) is 6. The summed E-state index contributed by atoms with van der Waals surface area (Å²) in [6, 6.07) is 6.37. The lowest BCUT2D eigenvalue weighted by Crippen LogP contribution is -2.46. The molecule has 3 heterocycles. The van der Waals surface area contributed by atoms with E-state index in [-0.39, 0.29) is 12.4 Å². The van der Waals surface area contributed by atoms with Crippen LogP contribution in [-0.4, -0.2) is 62.5 Å². The van der Waals surface area contributed by atoms with Crippen molar-refractivity contribution in [1.29, 1.82) is 0 Å². The average molecular weight is 382 g/mol. The van der Waals surface area contributed by atoms with Crippen LogP contribution < -0.4 is 4.90 Å². The summed E-state index contributed by atoms with van der Waals surface area (Å²) in [5.41, 5.74) is 2.79. The zero-order chi connectivity index (χ0) is 19.3. The second-order valence-electron chi connectivity index (χ2n) is 6.83. The molecule has 1 N–H and O–H groups in total. The lowest BCUT2D eigenvalue weighted by molar-refractivity contribution is 0.249. The molecule has 3 aromatic rings. The highest BCUT2D eigenvalue weighted by Gasteiger charge is 2.21. The van der Waals surface area contributed by atoms with E-state index in [0.29, 0.717) is 6.54 Å². The van der Waals surface area contributed by atoms with Gasteiger partial charge in [0.2, 0.25) is 0 Å². The largest absolute Gasteiger partial charge is 0.394 e. The van der Waals surface area contributed by atoms with Gasteiger partial charge < -0.3 is 10.0 Å². The fourth-order valence-corrected chi connectivity index (χ4v) is 3.46. The van der Waals surface area contributed by atoms with Gasteiger partial charge in [-0.25, -0.2) is 9.37 Å². The van der Waals surface area contributed by atoms with Crippen molar-refractivity contribution in [3.8, 4) is 11.3 Å². The van der Waals surface area contributed by atoms with E-state index in [1.165, 1.54) is 12.1 Å². The second-order valence-corrected chi connectivity index (χ2v) is 6.83. The van der Waals surface area contributed by atoms with Gasteiger partial charge in [0.25, 0.3) is 0 Å². The Kier molecular flexibility index (Phi) is 5.59. The maximum Gasteiger partial charge on any atom is 0.155 e. The summed E-state index contributed by atoms with van der Waals surface area (Å²) in [4.78, 5) is 13.7. The quantitative estimate of drug-likeness (QED) is 0.701. The molecule has 4 rings (SSSR count). The molecule has 7 nitrogen and oxygen atoms in total. The minimum atomic E-state index is -0.259. The molecule has 0 amide bonds. The van der Waals surface area contributed by atoms with E-state index < -0.39 is 0 Å². The lowest BCUT2D eigenvalue weighted by atomic mass is 10.1. The van der Waals surface area contributed by atoms with Gasteiger partial charge in [-0.1, -0.05) is 0 Å². The van der Waals surface area contributed by atoms with Crippen LogP contribution in [0, 0.1) is 5.82 Å². The van der Waals surface area contributed by atoms with Gasteiger partial charge in [0.05, 0.1) is 19.3 Å². The predicted octanol–water partition coefficient (Wildman–Crippen LogP) is 1.79. The van der Waals surface area contributed by atoms with E-state index in [9.17, 15) is 4.39 Å². The molecule has 0 atom stereocenters. The van der Waals surface area contributed by atoms with Crippen LogP contribution in [0.25, 0.3) is 11.3 Å². The van der Waals surface area contributed by atoms with Gasteiger partial charge in [0.15, 0.2) is 5.82 Å². The van der Waals surface area contributed by atoms with Gasteiger partial charge in [0, 0.05) is 62.4 Å². The number of nitrogens with zero attached hydrogens (tertiary/aromatic N) is 6. The molecule has 1 aliphatic rings. The number of benzene rings is 1. The van der Waals surface area contributed by atoms with Crippen molar-refractivity contribution in [3.05, 3.63) is 60.4 Å². The summed E-state index contributed by atoms with van der Waals surface area (Å²) in [6.07, 6.45) is 7.21. The van der Waals surface area contributed by atoms with Crippen LogP contribution in [-0.2, 0) is 13.1 Å². The van der Waals surface area contributed by atoms with Crippen LogP contribution in [0.5, 0.6) is 0 Å². The molecule has 1 aliphatic heterocycles. The predicted molar refractivity (Wildman–Crippen MR) is 104 cm³/mol. The normalized spacial score (nSPS) is 15.1. The minimum absolute atomic E-state index is 0.0916. The molecule has 0 aliphatic carbocycles. The fourth-order valence-electron chi connectivity index (χ4n) is 3.46. The molecule has 146 valence electrons. The van der Waals surface area contributed by atoms with E-state index in [0.717, 1.165) is 55.4 Å².